The number of nitrogens with one attached hydrogen (secondary N) is 1. The maximum atomic E-state index is 5.34. The van der Waals surface area contributed by atoms with Gasteiger partial charge in [0.05, 0.1) is 17.2 Å². The lowest BCUT2D eigenvalue weighted by Gasteiger charge is -2.05. The van der Waals surface area contributed by atoms with Gasteiger partial charge in [-0.15, -0.1) is 11.3 Å². The molecule has 98 valence electrons. The van der Waals surface area contributed by atoms with E-state index in [9.17, 15) is 0 Å². The van der Waals surface area contributed by atoms with E-state index in [1.165, 1.54) is 10.4 Å². The Morgan fingerprint density at radius 2 is 2.00 bits per heavy atom. The molecule has 0 saturated carbocycles. The first-order chi connectivity index (χ1) is 9.11. The van der Waals surface area contributed by atoms with E-state index < -0.39 is 0 Å². The van der Waals surface area contributed by atoms with Crippen LogP contribution in [0.2, 0.25) is 0 Å². The molecule has 0 fully saturated rings. The molecule has 0 aliphatic carbocycles. The van der Waals surface area contributed by atoms with E-state index in [0.717, 1.165) is 27.4 Å². The van der Waals surface area contributed by atoms with Crippen LogP contribution in [0.25, 0.3) is 21.6 Å². The fourth-order valence-corrected chi connectivity index (χ4v) is 3.20. The van der Waals surface area contributed by atoms with Crippen LogP contribution in [-0.2, 0) is 0 Å². The van der Waals surface area contributed by atoms with Crippen LogP contribution in [0.4, 0.5) is 5.82 Å². The summed E-state index contributed by atoms with van der Waals surface area (Å²) in [5.41, 5.74) is 2.20. The van der Waals surface area contributed by atoms with Crippen LogP contribution in [0.5, 0.6) is 0 Å². The van der Waals surface area contributed by atoms with E-state index in [1.54, 1.807) is 17.6 Å². The highest BCUT2D eigenvalue weighted by Crippen LogP contribution is 2.35. The second-order valence-corrected chi connectivity index (χ2v) is 5.70. The second kappa shape index (κ2) is 4.35. The summed E-state index contributed by atoms with van der Waals surface area (Å²) < 4.78 is 5.34. The van der Waals surface area contributed by atoms with E-state index in [0.29, 0.717) is 5.82 Å². The molecule has 0 atom stereocenters. The van der Waals surface area contributed by atoms with Gasteiger partial charge in [-0.1, -0.05) is 0 Å². The minimum Gasteiger partial charge on any atom is -0.469 e. The van der Waals surface area contributed by atoms with Crippen molar-refractivity contribution in [3.8, 4) is 11.4 Å². The van der Waals surface area contributed by atoms with E-state index in [4.69, 9.17) is 4.42 Å². The quantitative estimate of drug-likeness (QED) is 0.769. The first-order valence-corrected chi connectivity index (χ1v) is 6.93. The van der Waals surface area contributed by atoms with Crippen molar-refractivity contribution in [1.82, 2.24) is 9.97 Å². The van der Waals surface area contributed by atoms with Crippen molar-refractivity contribution in [2.24, 2.45) is 0 Å². The first-order valence-electron chi connectivity index (χ1n) is 6.11. The Bertz CT molecular complexity index is 757. The third kappa shape index (κ3) is 1.81. The highest BCUT2D eigenvalue weighted by molar-refractivity contribution is 7.18. The number of nitrogens with zero attached hydrogens (tertiary/aromatic N) is 2. The highest BCUT2D eigenvalue weighted by Gasteiger charge is 2.16. The Kier molecular flexibility index (Phi) is 2.78. The summed E-state index contributed by atoms with van der Waals surface area (Å²) in [6.45, 7) is 6.15. The molecule has 0 bridgehead atoms. The van der Waals surface area contributed by atoms with Crippen molar-refractivity contribution in [1.29, 1.82) is 0 Å². The average molecular weight is 273 g/mol. The molecule has 0 unspecified atom stereocenters. The Balaban J connectivity index is 2.32. The maximum absolute atomic E-state index is 5.34. The van der Waals surface area contributed by atoms with Crippen LogP contribution in [0.1, 0.15) is 16.2 Å². The number of fused-ring (bicyclic) bond motifs is 1. The van der Waals surface area contributed by atoms with Gasteiger partial charge in [0, 0.05) is 11.9 Å². The topological polar surface area (TPSA) is 51.0 Å². The molecule has 0 aliphatic heterocycles. The molecule has 3 rings (SSSR count). The van der Waals surface area contributed by atoms with Crippen LogP contribution >= 0.6 is 11.3 Å². The molecule has 0 amide bonds. The molecule has 3 heterocycles. The van der Waals surface area contributed by atoms with Gasteiger partial charge in [-0.2, -0.15) is 0 Å². The zero-order chi connectivity index (χ0) is 13.6. The van der Waals surface area contributed by atoms with Crippen LogP contribution in [0.15, 0.2) is 16.7 Å². The lowest BCUT2D eigenvalue weighted by molar-refractivity contribution is 0.535. The smallest absolute Gasteiger partial charge is 0.166 e. The molecular weight excluding hydrogens is 258 g/mol. The number of rotatable bonds is 2. The fraction of sp³-hybridized carbons (Fsp3) is 0.286. The van der Waals surface area contributed by atoms with Crippen molar-refractivity contribution in [2.75, 3.05) is 12.4 Å². The summed E-state index contributed by atoms with van der Waals surface area (Å²) in [5, 5.41) is 4.29. The number of furan rings is 1. The molecule has 0 radical (unpaired) electrons. The highest BCUT2D eigenvalue weighted by atomic mass is 32.1. The minimum atomic E-state index is 0.712. The lowest BCUT2D eigenvalue weighted by atomic mass is 10.2. The molecular formula is C14H15N3OS. The van der Waals surface area contributed by atoms with Crippen molar-refractivity contribution in [2.45, 2.75) is 20.8 Å². The number of hydrogen-bond acceptors (Lipinski definition) is 5. The maximum Gasteiger partial charge on any atom is 0.166 e. The van der Waals surface area contributed by atoms with Crippen LogP contribution in [0, 0.1) is 20.8 Å². The van der Waals surface area contributed by atoms with E-state index >= 15 is 0 Å². The van der Waals surface area contributed by atoms with Gasteiger partial charge in [0.1, 0.15) is 16.4 Å². The van der Waals surface area contributed by atoms with E-state index in [-0.39, 0.29) is 0 Å². The van der Waals surface area contributed by atoms with Crippen LogP contribution in [0.3, 0.4) is 0 Å². The molecule has 4 nitrogen and oxygen atoms in total. The monoisotopic (exact) mass is 273 g/mol. The normalized spacial score (nSPS) is 11.2. The fourth-order valence-electron chi connectivity index (χ4n) is 2.17. The molecule has 1 N–H and O–H groups in total. The van der Waals surface area contributed by atoms with Crippen molar-refractivity contribution in [3.63, 3.8) is 0 Å². The summed E-state index contributed by atoms with van der Waals surface area (Å²) in [7, 11) is 1.89. The minimum absolute atomic E-state index is 0.712. The van der Waals surface area contributed by atoms with Crippen molar-refractivity contribution in [3.05, 3.63) is 28.5 Å². The van der Waals surface area contributed by atoms with Gasteiger partial charge in [-0.05, 0) is 32.4 Å². The summed E-state index contributed by atoms with van der Waals surface area (Å²) in [6, 6.07) is 1.91. The summed E-state index contributed by atoms with van der Waals surface area (Å²) in [5.74, 6) is 2.43. The Hall–Kier alpha value is -1.88. The largest absolute Gasteiger partial charge is 0.469 e. The van der Waals surface area contributed by atoms with Gasteiger partial charge in [0.15, 0.2) is 5.82 Å². The summed E-state index contributed by atoms with van der Waals surface area (Å²) in [4.78, 5) is 11.6. The standard InChI is InChI=1S/C14H15N3OS/c1-7-9(3)19-14-11(7)13(15-4)16-12(17-14)10-5-6-18-8(10)2/h5-6H,1-4H3,(H,15,16,17). The number of aryl methyl sites for hydroxylation is 3. The lowest BCUT2D eigenvalue weighted by Crippen LogP contribution is -1.98. The van der Waals surface area contributed by atoms with Gasteiger partial charge in [0.2, 0.25) is 0 Å². The van der Waals surface area contributed by atoms with Crippen molar-refractivity contribution >= 4 is 27.4 Å². The predicted octanol–water partition coefficient (Wildman–Crippen LogP) is 3.92. The number of aromatic nitrogens is 2. The van der Waals surface area contributed by atoms with Gasteiger partial charge in [-0.3, -0.25) is 0 Å². The van der Waals surface area contributed by atoms with Gasteiger partial charge in [-0.25, -0.2) is 9.97 Å². The van der Waals surface area contributed by atoms with Crippen molar-refractivity contribution < 1.29 is 4.42 Å². The molecule has 5 heteroatoms. The third-order valence-corrected chi connectivity index (χ3v) is 4.47. The molecule has 0 aliphatic rings. The van der Waals surface area contributed by atoms with Gasteiger partial charge >= 0.3 is 0 Å². The molecule has 0 aromatic carbocycles. The Morgan fingerprint density at radius 3 is 2.63 bits per heavy atom. The number of anilines is 1. The zero-order valence-corrected chi connectivity index (χ0v) is 12.2. The molecule has 0 spiro atoms. The molecule has 3 aromatic rings. The Labute approximate surface area is 115 Å². The van der Waals surface area contributed by atoms with Gasteiger partial charge < -0.3 is 9.73 Å². The van der Waals surface area contributed by atoms with Crippen LogP contribution in [-0.4, -0.2) is 17.0 Å². The SMILES string of the molecule is CNc1nc(-c2ccoc2C)nc2sc(C)c(C)c12. The number of hydrogen-bond donors (Lipinski definition) is 1. The molecule has 19 heavy (non-hydrogen) atoms. The van der Waals surface area contributed by atoms with E-state index in [1.807, 2.05) is 20.0 Å². The number of thiophene rings is 1. The summed E-state index contributed by atoms with van der Waals surface area (Å²) >= 11 is 1.70. The first kappa shape index (κ1) is 12.2. The second-order valence-electron chi connectivity index (χ2n) is 4.50. The summed E-state index contributed by atoms with van der Waals surface area (Å²) in [6.07, 6.45) is 1.67. The zero-order valence-electron chi connectivity index (χ0n) is 11.4. The van der Waals surface area contributed by atoms with Gasteiger partial charge in [0.25, 0.3) is 0 Å². The Morgan fingerprint density at radius 1 is 1.21 bits per heavy atom. The molecule has 0 saturated heterocycles. The molecule has 3 aromatic heterocycles. The third-order valence-electron chi connectivity index (χ3n) is 3.37. The predicted molar refractivity (Wildman–Crippen MR) is 78.9 cm³/mol. The average Bonchev–Trinajstić information content (AvgIpc) is 2.93. The van der Waals surface area contributed by atoms with Crippen LogP contribution < -0.4 is 5.32 Å². The van der Waals surface area contributed by atoms with E-state index in [2.05, 4.69) is 29.1 Å².